The van der Waals surface area contributed by atoms with Crippen molar-refractivity contribution in [2.75, 3.05) is 5.75 Å². The molecular weight excluding hydrogens is 282 g/mol. The first-order chi connectivity index (χ1) is 7.89. The van der Waals surface area contributed by atoms with Gasteiger partial charge in [0.2, 0.25) is 0 Å². The fourth-order valence-electron chi connectivity index (χ4n) is 1.23. The van der Waals surface area contributed by atoms with Crippen LogP contribution in [0.15, 0.2) is 24.3 Å². The number of amides is 1. The Balaban J connectivity index is 0.000000148. The zero-order valence-corrected chi connectivity index (χ0v) is 10.8. The van der Waals surface area contributed by atoms with Crippen LogP contribution in [0, 0.1) is 10.4 Å². The highest BCUT2D eigenvalue weighted by Crippen LogP contribution is 2.21. The van der Waals surface area contributed by atoms with Gasteiger partial charge in [-0.2, -0.15) is 12.7 Å². The van der Waals surface area contributed by atoms with E-state index >= 15 is 0 Å². The van der Waals surface area contributed by atoms with Gasteiger partial charge in [-0.1, -0.05) is 48.2 Å². The normalized spacial score (nSPS) is 16.6. The van der Waals surface area contributed by atoms with Gasteiger partial charge in [0.15, 0.2) is 4.32 Å². The maximum absolute atomic E-state index is 10.7. The molecule has 2 aliphatic carbocycles. The van der Waals surface area contributed by atoms with E-state index in [4.69, 9.17) is 4.55 Å². The first kappa shape index (κ1) is 12.5. The van der Waals surface area contributed by atoms with Gasteiger partial charge in [0, 0.05) is 0 Å². The average Bonchev–Trinajstić information content (AvgIpc) is 2.52. The Morgan fingerprint density at radius 2 is 1.71 bits per heavy atom. The van der Waals surface area contributed by atoms with Gasteiger partial charge in [-0.05, 0) is 10.4 Å². The highest BCUT2D eigenvalue weighted by molar-refractivity contribution is 8.25. The largest absolute Gasteiger partial charge is 0.367 e. The molecule has 0 spiro atoms. The molecule has 1 heterocycles. The van der Waals surface area contributed by atoms with Crippen molar-refractivity contribution in [3.8, 4) is 0 Å². The monoisotopic (exact) mass is 289 g/mol. The highest BCUT2D eigenvalue weighted by Gasteiger charge is 2.35. The van der Waals surface area contributed by atoms with Crippen LogP contribution in [-0.4, -0.2) is 33.3 Å². The zero-order valence-electron chi connectivity index (χ0n) is 8.36. The maximum Gasteiger partial charge on any atom is 0.367 e. The number of benzene rings is 1. The molecule has 0 bridgehead atoms. The summed E-state index contributed by atoms with van der Waals surface area (Å²) in [5, 5.41) is 2.85. The molecule has 0 aromatic heterocycles. The smallest absolute Gasteiger partial charge is 0.272 e. The molecule has 1 amide bonds. The van der Waals surface area contributed by atoms with Crippen molar-refractivity contribution in [3.05, 3.63) is 34.7 Å². The predicted octanol–water partition coefficient (Wildman–Crippen LogP) is 0.936. The Morgan fingerprint density at radius 1 is 1.24 bits per heavy atom. The summed E-state index contributed by atoms with van der Waals surface area (Å²) in [6.45, 7) is 0. The van der Waals surface area contributed by atoms with E-state index in [1.54, 1.807) is 0 Å². The molecule has 0 atom stereocenters. The fraction of sp³-hybridized carbons (Fsp3) is 0.111. The molecule has 0 radical (unpaired) electrons. The van der Waals surface area contributed by atoms with E-state index in [1.165, 1.54) is 10.4 Å². The summed E-state index contributed by atoms with van der Waals surface area (Å²) >= 11 is 5.40. The number of carbonyl (C=O) groups is 1. The van der Waals surface area contributed by atoms with Crippen LogP contribution in [-0.2, 0) is 15.1 Å². The Hall–Kier alpha value is -0.960. The summed E-state index contributed by atoms with van der Waals surface area (Å²) in [6, 6.07) is 8.48. The van der Waals surface area contributed by atoms with Crippen LogP contribution >= 0.6 is 24.0 Å². The van der Waals surface area contributed by atoms with Crippen molar-refractivity contribution in [2.45, 2.75) is 0 Å². The van der Waals surface area contributed by atoms with Crippen molar-refractivity contribution in [1.82, 2.24) is 4.31 Å². The minimum atomic E-state index is -4.48. The summed E-state index contributed by atoms with van der Waals surface area (Å²) in [4.78, 5) is 10.7. The SMILES string of the molecule is O=C1CSC(=S)N1S(=O)(=O)O.c1cc2ccc1=2. The van der Waals surface area contributed by atoms with Crippen molar-refractivity contribution >= 4 is 44.5 Å². The fourth-order valence-corrected chi connectivity index (χ4v) is 3.42. The van der Waals surface area contributed by atoms with Crippen LogP contribution in [0.1, 0.15) is 0 Å². The number of hydrogen-bond donors (Lipinski definition) is 1. The van der Waals surface area contributed by atoms with Gasteiger partial charge < -0.3 is 0 Å². The van der Waals surface area contributed by atoms with E-state index in [1.807, 2.05) is 0 Å². The Morgan fingerprint density at radius 3 is 1.82 bits per heavy atom. The molecule has 1 aliphatic heterocycles. The molecule has 17 heavy (non-hydrogen) atoms. The molecule has 0 saturated carbocycles. The summed E-state index contributed by atoms with van der Waals surface area (Å²) in [5.41, 5.74) is 0. The summed E-state index contributed by atoms with van der Waals surface area (Å²) in [5.74, 6) is -0.735. The lowest BCUT2D eigenvalue weighted by Gasteiger charge is -2.08. The number of hydrogen-bond acceptors (Lipinski definition) is 5. The summed E-state index contributed by atoms with van der Waals surface area (Å²) in [7, 11) is -4.48. The Labute approximate surface area is 107 Å². The van der Waals surface area contributed by atoms with Gasteiger partial charge in [0.25, 0.3) is 5.91 Å². The van der Waals surface area contributed by atoms with Crippen molar-refractivity contribution in [1.29, 1.82) is 0 Å². The molecule has 0 aromatic carbocycles. The quantitative estimate of drug-likeness (QED) is 0.622. The molecule has 90 valence electrons. The zero-order chi connectivity index (χ0) is 12.6. The second kappa shape index (κ2) is 4.37. The van der Waals surface area contributed by atoms with Crippen LogP contribution < -0.4 is 0 Å². The molecule has 0 aromatic rings. The molecule has 0 unspecified atom stereocenters. The first-order valence-corrected chi connectivity index (χ1v) is 7.26. The van der Waals surface area contributed by atoms with Gasteiger partial charge in [-0.15, -0.1) is 0 Å². The third-order valence-electron chi connectivity index (χ3n) is 2.16. The molecule has 3 rings (SSSR count). The molecular formula is C9H7NO4S3. The van der Waals surface area contributed by atoms with Gasteiger partial charge in [-0.3, -0.25) is 9.35 Å². The summed E-state index contributed by atoms with van der Waals surface area (Å²) < 4.78 is 29.4. The second-order valence-corrected chi connectivity index (χ2v) is 6.14. The minimum Gasteiger partial charge on any atom is -0.272 e. The van der Waals surface area contributed by atoms with Crippen molar-refractivity contribution in [2.24, 2.45) is 0 Å². The lowest BCUT2D eigenvalue weighted by Crippen LogP contribution is -2.34. The van der Waals surface area contributed by atoms with Crippen LogP contribution in [0.3, 0.4) is 0 Å². The topological polar surface area (TPSA) is 74.7 Å². The lowest BCUT2D eigenvalue weighted by molar-refractivity contribution is -0.120. The van der Waals surface area contributed by atoms with Crippen molar-refractivity contribution < 1.29 is 17.8 Å². The number of thiocarbonyl (C=S) groups is 1. The minimum absolute atomic E-state index is 0.0291. The molecule has 3 aliphatic rings. The van der Waals surface area contributed by atoms with Gasteiger partial charge in [-0.25, -0.2) is 0 Å². The molecule has 1 fully saturated rings. The van der Waals surface area contributed by atoms with Crippen LogP contribution in [0.2, 0.25) is 0 Å². The van der Waals surface area contributed by atoms with E-state index in [9.17, 15) is 13.2 Å². The number of nitrogens with zero attached hydrogens (tertiary/aromatic N) is 1. The molecule has 5 nitrogen and oxygen atoms in total. The third-order valence-corrected chi connectivity index (χ3v) is 4.60. The van der Waals surface area contributed by atoms with Crippen LogP contribution in [0.5, 0.6) is 0 Å². The van der Waals surface area contributed by atoms with Crippen molar-refractivity contribution in [3.63, 3.8) is 0 Å². The van der Waals surface area contributed by atoms with E-state index in [-0.39, 0.29) is 14.4 Å². The third kappa shape index (κ3) is 2.49. The standard InChI is InChI=1S/C6H4.C3H3NO4S3/c1-2-6-4-3-5(1)6;5-2-1-10-3(9)4(2)11(6,7)8/h1-4H;1H2,(H,6,7,8). The van der Waals surface area contributed by atoms with E-state index in [2.05, 4.69) is 36.5 Å². The predicted molar refractivity (Wildman–Crippen MR) is 67.6 cm³/mol. The van der Waals surface area contributed by atoms with Gasteiger partial charge in [0.05, 0.1) is 5.75 Å². The number of rotatable bonds is 1. The first-order valence-electron chi connectivity index (χ1n) is 4.47. The Kier molecular flexibility index (Phi) is 3.21. The van der Waals surface area contributed by atoms with E-state index in [0.717, 1.165) is 11.8 Å². The lowest BCUT2D eigenvalue weighted by atomic mass is 10.1. The molecule has 1 N–H and O–H groups in total. The highest BCUT2D eigenvalue weighted by atomic mass is 32.2. The number of carbonyl (C=O) groups excluding carboxylic acids is 1. The van der Waals surface area contributed by atoms with E-state index < -0.39 is 16.2 Å². The molecule has 1 saturated heterocycles. The molecule has 8 heteroatoms. The summed E-state index contributed by atoms with van der Waals surface area (Å²) in [6.07, 6.45) is 0. The number of thioether (sulfide) groups is 1. The van der Waals surface area contributed by atoms with Gasteiger partial charge in [0.1, 0.15) is 0 Å². The van der Waals surface area contributed by atoms with Crippen LogP contribution in [0.4, 0.5) is 0 Å². The van der Waals surface area contributed by atoms with E-state index in [0.29, 0.717) is 0 Å². The Bertz CT molecular complexity index is 616. The van der Waals surface area contributed by atoms with Crippen LogP contribution in [0.25, 0.3) is 0 Å². The maximum atomic E-state index is 10.7. The second-order valence-electron chi connectivity index (χ2n) is 3.27. The van der Waals surface area contributed by atoms with Gasteiger partial charge >= 0.3 is 10.3 Å². The average molecular weight is 289 g/mol.